The lowest BCUT2D eigenvalue weighted by molar-refractivity contribution is 0.0951. The first kappa shape index (κ1) is 17.6. The number of carbonyl (C=O) groups excluding carboxylic acids is 1. The van der Waals surface area contributed by atoms with Crippen molar-refractivity contribution in [2.45, 2.75) is 32.7 Å². The van der Waals surface area contributed by atoms with Crippen molar-refractivity contribution in [1.29, 1.82) is 0 Å². The topological polar surface area (TPSA) is 72.7 Å². The maximum Gasteiger partial charge on any atom is 0.251 e. The number of aryl methyl sites for hydroxylation is 2. The molecule has 0 unspecified atom stereocenters. The summed E-state index contributed by atoms with van der Waals surface area (Å²) in [5.41, 5.74) is 7.03. The number of imidazole rings is 1. The van der Waals surface area contributed by atoms with Gasteiger partial charge in [-0.15, -0.1) is 0 Å². The van der Waals surface area contributed by atoms with Gasteiger partial charge >= 0.3 is 0 Å². The van der Waals surface area contributed by atoms with Crippen LogP contribution in [0, 0.1) is 13.8 Å². The van der Waals surface area contributed by atoms with E-state index in [9.17, 15) is 4.79 Å². The number of benzene rings is 2. The van der Waals surface area contributed by atoms with E-state index < -0.39 is 0 Å². The highest BCUT2D eigenvalue weighted by Crippen LogP contribution is 2.28. The first-order valence-corrected chi connectivity index (χ1v) is 9.77. The van der Waals surface area contributed by atoms with Gasteiger partial charge in [0.1, 0.15) is 23.9 Å². The first-order valence-electron chi connectivity index (χ1n) is 9.77. The van der Waals surface area contributed by atoms with Crippen LogP contribution in [0.1, 0.15) is 34.3 Å². The molecule has 29 heavy (non-hydrogen) atoms. The summed E-state index contributed by atoms with van der Waals surface area (Å²) in [6.07, 6.45) is 5.45. The summed E-state index contributed by atoms with van der Waals surface area (Å²) in [6, 6.07) is 14.3. The van der Waals surface area contributed by atoms with Crippen molar-refractivity contribution in [2.24, 2.45) is 0 Å². The van der Waals surface area contributed by atoms with Gasteiger partial charge in [-0.25, -0.2) is 15.0 Å². The summed E-state index contributed by atoms with van der Waals surface area (Å²) in [4.78, 5) is 26.1. The summed E-state index contributed by atoms with van der Waals surface area (Å²) >= 11 is 0. The van der Waals surface area contributed by atoms with Gasteiger partial charge in [0.2, 0.25) is 0 Å². The molecule has 2 aromatic heterocycles. The molecule has 1 aliphatic carbocycles. The molecule has 0 saturated heterocycles. The lowest BCUT2D eigenvalue weighted by Gasteiger charge is -2.11. The minimum absolute atomic E-state index is 0.0340. The molecule has 0 bridgehead atoms. The molecule has 0 radical (unpaired) electrons. The lowest BCUT2D eigenvalue weighted by atomic mass is 10.1. The third-order valence-corrected chi connectivity index (χ3v) is 5.27. The second kappa shape index (κ2) is 6.81. The number of aromatic nitrogens is 4. The van der Waals surface area contributed by atoms with E-state index in [4.69, 9.17) is 0 Å². The van der Waals surface area contributed by atoms with Crippen LogP contribution < -0.4 is 5.32 Å². The van der Waals surface area contributed by atoms with Gasteiger partial charge in [0, 0.05) is 17.2 Å². The van der Waals surface area contributed by atoms with E-state index in [0.29, 0.717) is 11.6 Å². The molecule has 2 aromatic carbocycles. The molecule has 1 aliphatic rings. The molecular formula is C23H21N5O. The number of hydrogen-bond donors (Lipinski definition) is 1. The molecule has 0 spiro atoms. The van der Waals surface area contributed by atoms with Crippen molar-refractivity contribution in [3.05, 3.63) is 71.8 Å². The van der Waals surface area contributed by atoms with Crippen LogP contribution in [0.25, 0.3) is 28.1 Å². The Morgan fingerprint density at radius 1 is 1.07 bits per heavy atom. The van der Waals surface area contributed by atoms with Crippen LogP contribution in [-0.4, -0.2) is 31.5 Å². The monoisotopic (exact) mass is 383 g/mol. The third kappa shape index (κ3) is 3.27. The summed E-state index contributed by atoms with van der Waals surface area (Å²) in [6.45, 7) is 4.08. The predicted molar refractivity (Wildman–Crippen MR) is 112 cm³/mol. The van der Waals surface area contributed by atoms with Gasteiger partial charge in [0.15, 0.2) is 5.65 Å². The Morgan fingerprint density at radius 2 is 1.93 bits per heavy atom. The molecule has 1 amide bonds. The molecule has 5 rings (SSSR count). The van der Waals surface area contributed by atoms with Crippen molar-refractivity contribution < 1.29 is 4.79 Å². The third-order valence-electron chi connectivity index (χ3n) is 5.27. The van der Waals surface area contributed by atoms with E-state index >= 15 is 0 Å². The highest BCUT2D eigenvalue weighted by molar-refractivity contribution is 5.95. The van der Waals surface area contributed by atoms with Crippen LogP contribution in [0.4, 0.5) is 0 Å². The molecule has 2 heterocycles. The van der Waals surface area contributed by atoms with Crippen LogP contribution in [0.2, 0.25) is 0 Å². The van der Waals surface area contributed by atoms with Gasteiger partial charge in [0.25, 0.3) is 5.91 Å². The molecule has 6 heteroatoms. The predicted octanol–water partition coefficient (Wildman–Crippen LogP) is 3.99. The Kier molecular flexibility index (Phi) is 4.12. The Hall–Kier alpha value is -3.54. The molecule has 0 atom stereocenters. The molecule has 1 N–H and O–H groups in total. The van der Waals surface area contributed by atoms with Gasteiger partial charge in [-0.3, -0.25) is 9.36 Å². The summed E-state index contributed by atoms with van der Waals surface area (Å²) in [7, 11) is 0. The highest BCUT2D eigenvalue weighted by atomic mass is 16.1. The van der Waals surface area contributed by atoms with E-state index in [2.05, 4.69) is 39.3 Å². The van der Waals surface area contributed by atoms with Crippen LogP contribution in [0.5, 0.6) is 0 Å². The first-order chi connectivity index (χ1) is 14.1. The van der Waals surface area contributed by atoms with Gasteiger partial charge in [-0.1, -0.05) is 29.8 Å². The second-order valence-corrected chi connectivity index (χ2v) is 7.63. The van der Waals surface area contributed by atoms with E-state index in [1.54, 1.807) is 12.7 Å². The van der Waals surface area contributed by atoms with Crippen LogP contribution in [0.15, 0.2) is 55.1 Å². The van der Waals surface area contributed by atoms with Gasteiger partial charge in [0.05, 0.1) is 5.69 Å². The number of nitrogens with zero attached hydrogens (tertiary/aromatic N) is 4. The Bertz CT molecular complexity index is 1240. The molecule has 4 aromatic rings. The fourth-order valence-electron chi connectivity index (χ4n) is 3.52. The maximum atomic E-state index is 12.5. The number of nitrogens with one attached hydrogen (secondary N) is 1. The zero-order chi connectivity index (χ0) is 20.0. The van der Waals surface area contributed by atoms with Crippen molar-refractivity contribution >= 4 is 17.1 Å². The number of fused-ring (bicyclic) bond motifs is 1. The highest BCUT2D eigenvalue weighted by Gasteiger charge is 2.24. The molecule has 6 nitrogen and oxygen atoms in total. The largest absolute Gasteiger partial charge is 0.349 e. The summed E-state index contributed by atoms with van der Waals surface area (Å²) in [5.74, 6) is -0.0340. The average molecular weight is 383 g/mol. The molecule has 1 saturated carbocycles. The lowest BCUT2D eigenvalue weighted by Crippen LogP contribution is -2.25. The minimum Gasteiger partial charge on any atom is -0.349 e. The van der Waals surface area contributed by atoms with Gasteiger partial charge in [-0.05, 0) is 50.5 Å². The van der Waals surface area contributed by atoms with E-state index in [-0.39, 0.29) is 5.91 Å². The van der Waals surface area contributed by atoms with Crippen molar-refractivity contribution in [3.63, 3.8) is 0 Å². The second-order valence-electron chi connectivity index (χ2n) is 7.63. The number of carbonyl (C=O) groups is 1. The Morgan fingerprint density at radius 3 is 2.72 bits per heavy atom. The molecule has 0 aliphatic heterocycles. The van der Waals surface area contributed by atoms with Crippen LogP contribution in [0.3, 0.4) is 0 Å². The van der Waals surface area contributed by atoms with Crippen LogP contribution >= 0.6 is 0 Å². The van der Waals surface area contributed by atoms with Crippen molar-refractivity contribution in [3.8, 4) is 16.9 Å². The minimum atomic E-state index is -0.0340. The normalized spacial score (nSPS) is 13.6. The Balaban J connectivity index is 1.61. The zero-order valence-corrected chi connectivity index (χ0v) is 16.4. The fourth-order valence-corrected chi connectivity index (χ4v) is 3.52. The van der Waals surface area contributed by atoms with Gasteiger partial charge < -0.3 is 5.32 Å². The standard InChI is InChI=1S/C23H21N5O/c1-14-4-3-5-16(10-14)20-21-22(25-12-24-20)28(13-26-21)19-11-17(7-6-15(19)2)23(29)27-18-8-9-18/h3-7,10-13,18H,8-9H2,1-2H3,(H,27,29). The number of hydrogen-bond acceptors (Lipinski definition) is 4. The van der Waals surface area contributed by atoms with E-state index in [1.165, 1.54) is 5.56 Å². The average Bonchev–Trinajstić information content (AvgIpc) is 3.43. The maximum absolute atomic E-state index is 12.5. The summed E-state index contributed by atoms with van der Waals surface area (Å²) in [5, 5.41) is 3.05. The molecule has 1 fully saturated rings. The molecular weight excluding hydrogens is 362 g/mol. The molecule has 144 valence electrons. The zero-order valence-electron chi connectivity index (χ0n) is 16.4. The Labute approximate surface area is 168 Å². The van der Waals surface area contributed by atoms with Gasteiger partial charge in [-0.2, -0.15) is 0 Å². The van der Waals surface area contributed by atoms with Crippen molar-refractivity contribution in [1.82, 2.24) is 24.8 Å². The number of amides is 1. The smallest absolute Gasteiger partial charge is 0.251 e. The van der Waals surface area contributed by atoms with Crippen molar-refractivity contribution in [2.75, 3.05) is 0 Å². The quantitative estimate of drug-likeness (QED) is 0.578. The summed E-state index contributed by atoms with van der Waals surface area (Å²) < 4.78 is 1.93. The van der Waals surface area contributed by atoms with E-state index in [0.717, 1.165) is 46.5 Å². The fraction of sp³-hybridized carbons (Fsp3) is 0.217. The van der Waals surface area contributed by atoms with E-state index in [1.807, 2.05) is 41.8 Å². The SMILES string of the molecule is Cc1cccc(-c2ncnc3c2ncn3-c2cc(C(=O)NC3CC3)ccc2C)c1. The number of rotatable bonds is 4. The van der Waals surface area contributed by atoms with Crippen LogP contribution in [-0.2, 0) is 0 Å².